The molecule has 0 radical (unpaired) electrons. The molecule has 3 aromatic rings. The third kappa shape index (κ3) is 3.86. The van der Waals surface area contributed by atoms with E-state index in [1.165, 1.54) is 19.2 Å². The molecule has 9 heteroatoms. The molecule has 0 saturated carbocycles. The molecule has 1 heterocycles. The second kappa shape index (κ2) is 8.32. The Morgan fingerprint density at radius 2 is 1.50 bits per heavy atom. The maximum atomic E-state index is 13.7. The fourth-order valence-electron chi connectivity index (χ4n) is 3.07. The van der Waals surface area contributed by atoms with E-state index in [0.29, 0.717) is 0 Å². The average molecular weight is 427 g/mol. The monoisotopic (exact) mass is 426 g/mol. The summed E-state index contributed by atoms with van der Waals surface area (Å²) >= 11 is 6.36. The molecule has 0 amide bonds. The lowest BCUT2D eigenvalue weighted by Gasteiger charge is -2.15. The Balaban J connectivity index is 2.18. The van der Waals surface area contributed by atoms with E-state index < -0.39 is 22.9 Å². The number of nitrogens with zero attached hydrogens (tertiary/aromatic N) is 4. The Bertz CT molecular complexity index is 1260. The largest absolute Gasteiger partial charge is 0.332 e. The van der Waals surface area contributed by atoms with Crippen molar-refractivity contribution in [3.8, 4) is 12.1 Å². The van der Waals surface area contributed by atoms with Crippen molar-refractivity contribution in [1.29, 1.82) is 10.5 Å². The highest BCUT2D eigenvalue weighted by atomic mass is 35.5. The van der Waals surface area contributed by atoms with Crippen LogP contribution in [0.25, 0.3) is 0 Å². The van der Waals surface area contributed by atoms with E-state index >= 15 is 0 Å². The minimum absolute atomic E-state index is 0.0317. The quantitative estimate of drug-likeness (QED) is 0.600. The maximum Gasteiger partial charge on any atom is 0.332 e. The smallest absolute Gasteiger partial charge is 0.279 e. The normalized spacial score (nSPS) is 10.5. The Labute approximate surface area is 174 Å². The lowest BCUT2D eigenvalue weighted by atomic mass is 10.0. The van der Waals surface area contributed by atoms with Crippen molar-refractivity contribution in [3.05, 3.63) is 102 Å². The Morgan fingerprint density at radius 1 is 0.967 bits per heavy atom. The first-order valence-corrected chi connectivity index (χ1v) is 8.99. The van der Waals surface area contributed by atoms with Gasteiger partial charge in [0.25, 0.3) is 5.56 Å². The van der Waals surface area contributed by atoms with Crippen molar-refractivity contribution in [1.82, 2.24) is 9.13 Å². The molecule has 0 N–H and O–H groups in total. The Hall–Kier alpha value is -3.75. The van der Waals surface area contributed by atoms with Gasteiger partial charge in [0.15, 0.2) is 0 Å². The summed E-state index contributed by atoms with van der Waals surface area (Å²) in [6.07, 6.45) is -0.194. The summed E-state index contributed by atoms with van der Waals surface area (Å²) in [7, 11) is 1.24. The second-order valence-electron chi connectivity index (χ2n) is 6.51. The molecule has 2 aromatic carbocycles. The Morgan fingerprint density at radius 3 is 2.07 bits per heavy atom. The van der Waals surface area contributed by atoms with E-state index in [4.69, 9.17) is 11.6 Å². The lowest BCUT2D eigenvalue weighted by molar-refractivity contribution is 0.612. The van der Waals surface area contributed by atoms with Crippen LogP contribution in [0.4, 0.5) is 8.78 Å². The zero-order valence-corrected chi connectivity index (χ0v) is 16.4. The molecule has 0 saturated heterocycles. The van der Waals surface area contributed by atoms with Crippen LogP contribution in [0.2, 0.25) is 5.15 Å². The van der Waals surface area contributed by atoms with Gasteiger partial charge in [-0.25, -0.2) is 13.6 Å². The van der Waals surface area contributed by atoms with Gasteiger partial charge in [-0.2, -0.15) is 10.5 Å². The van der Waals surface area contributed by atoms with Gasteiger partial charge in [-0.1, -0.05) is 11.6 Å². The average Bonchev–Trinajstić information content (AvgIpc) is 2.73. The molecule has 0 fully saturated rings. The third-order valence-corrected chi connectivity index (χ3v) is 5.07. The number of nitriles is 2. The summed E-state index contributed by atoms with van der Waals surface area (Å²) in [6.45, 7) is -0.256. The van der Waals surface area contributed by atoms with Gasteiger partial charge in [0, 0.05) is 13.5 Å². The Kier molecular flexibility index (Phi) is 5.81. The predicted molar refractivity (Wildman–Crippen MR) is 105 cm³/mol. The van der Waals surface area contributed by atoms with E-state index in [1.807, 2.05) is 12.1 Å². The molecule has 0 bridgehead atoms. The molecule has 30 heavy (non-hydrogen) atoms. The van der Waals surface area contributed by atoms with E-state index in [2.05, 4.69) is 0 Å². The molecular weight excluding hydrogens is 414 g/mol. The number of benzene rings is 2. The predicted octanol–water partition coefficient (Wildman–Crippen LogP) is 2.86. The molecule has 0 aliphatic heterocycles. The van der Waals surface area contributed by atoms with Crippen LogP contribution in [0.3, 0.4) is 0 Å². The SMILES string of the molecule is Cn1c(=O)c(Cc2cc(F)ccc2C#N)c(Cl)n(Cc2cc(F)ccc2C#N)c1=O. The van der Waals surface area contributed by atoms with Crippen LogP contribution in [-0.4, -0.2) is 9.13 Å². The van der Waals surface area contributed by atoms with Crippen LogP contribution in [0.5, 0.6) is 0 Å². The zero-order chi connectivity index (χ0) is 22.0. The first kappa shape index (κ1) is 21.0. The summed E-state index contributed by atoms with van der Waals surface area (Å²) in [5.74, 6) is -1.19. The number of hydrogen-bond donors (Lipinski definition) is 0. The van der Waals surface area contributed by atoms with Crippen molar-refractivity contribution in [2.75, 3.05) is 0 Å². The zero-order valence-electron chi connectivity index (χ0n) is 15.6. The van der Waals surface area contributed by atoms with Crippen molar-refractivity contribution in [2.45, 2.75) is 13.0 Å². The van der Waals surface area contributed by atoms with Gasteiger partial charge >= 0.3 is 5.69 Å². The first-order chi connectivity index (χ1) is 14.3. The highest BCUT2D eigenvalue weighted by Gasteiger charge is 2.19. The van der Waals surface area contributed by atoms with Crippen LogP contribution >= 0.6 is 11.6 Å². The van der Waals surface area contributed by atoms with Crippen molar-refractivity contribution < 1.29 is 8.78 Å². The molecular formula is C21H13ClF2N4O2. The third-order valence-electron chi connectivity index (χ3n) is 4.64. The van der Waals surface area contributed by atoms with Gasteiger partial charge < -0.3 is 0 Å². The second-order valence-corrected chi connectivity index (χ2v) is 6.86. The molecule has 0 atom stereocenters. The van der Waals surface area contributed by atoms with Gasteiger partial charge in [0.2, 0.25) is 0 Å². The lowest BCUT2D eigenvalue weighted by Crippen LogP contribution is -2.40. The van der Waals surface area contributed by atoms with E-state index in [0.717, 1.165) is 33.4 Å². The summed E-state index contributed by atoms with van der Waals surface area (Å²) in [6, 6.07) is 10.8. The fourth-order valence-corrected chi connectivity index (χ4v) is 3.35. The van der Waals surface area contributed by atoms with Gasteiger partial charge in [-0.3, -0.25) is 13.9 Å². The molecule has 1 aromatic heterocycles. The van der Waals surface area contributed by atoms with Crippen LogP contribution in [0.15, 0.2) is 46.0 Å². The highest BCUT2D eigenvalue weighted by Crippen LogP contribution is 2.20. The summed E-state index contributed by atoms with van der Waals surface area (Å²) < 4.78 is 29.2. The van der Waals surface area contributed by atoms with Gasteiger partial charge in [0.05, 0.1) is 35.4 Å². The molecule has 0 unspecified atom stereocenters. The number of halogens is 3. The van der Waals surface area contributed by atoms with Crippen LogP contribution in [0.1, 0.15) is 27.8 Å². The number of hydrogen-bond acceptors (Lipinski definition) is 4. The van der Waals surface area contributed by atoms with Crippen LogP contribution in [-0.2, 0) is 20.0 Å². The summed E-state index contributed by atoms with van der Waals surface area (Å²) in [5, 5.41) is 18.3. The number of rotatable bonds is 4. The van der Waals surface area contributed by atoms with Gasteiger partial charge in [0.1, 0.15) is 16.8 Å². The number of aromatic nitrogens is 2. The minimum atomic E-state index is -0.762. The van der Waals surface area contributed by atoms with Gasteiger partial charge in [-0.05, 0) is 47.5 Å². The van der Waals surface area contributed by atoms with E-state index in [-0.39, 0.29) is 45.9 Å². The summed E-state index contributed by atoms with van der Waals surface area (Å²) in [4.78, 5) is 25.3. The molecule has 0 spiro atoms. The van der Waals surface area contributed by atoms with Gasteiger partial charge in [-0.15, -0.1) is 0 Å². The van der Waals surface area contributed by atoms with E-state index in [1.54, 1.807) is 0 Å². The van der Waals surface area contributed by atoms with E-state index in [9.17, 15) is 28.9 Å². The maximum absolute atomic E-state index is 13.7. The highest BCUT2D eigenvalue weighted by molar-refractivity contribution is 6.30. The topological polar surface area (TPSA) is 91.6 Å². The minimum Gasteiger partial charge on any atom is -0.279 e. The molecule has 6 nitrogen and oxygen atoms in total. The molecule has 0 aliphatic rings. The van der Waals surface area contributed by atoms with Crippen LogP contribution < -0.4 is 11.2 Å². The standard InChI is InChI=1S/C21H13ClF2N4O2/c1-27-20(29)18(8-14-6-16(23)4-2-12(14)9-25)19(22)28(21(27)30)11-15-7-17(24)5-3-13(15)10-26/h2-7H,8,11H2,1H3. The summed E-state index contributed by atoms with van der Waals surface area (Å²) in [5.41, 5.74) is -0.762. The van der Waals surface area contributed by atoms with Crippen molar-refractivity contribution in [3.63, 3.8) is 0 Å². The van der Waals surface area contributed by atoms with Crippen LogP contribution in [0, 0.1) is 34.3 Å². The molecule has 3 rings (SSSR count). The first-order valence-electron chi connectivity index (χ1n) is 8.62. The molecule has 150 valence electrons. The molecule has 0 aliphatic carbocycles. The van der Waals surface area contributed by atoms with Crippen molar-refractivity contribution in [2.24, 2.45) is 7.05 Å². The van der Waals surface area contributed by atoms with Crippen molar-refractivity contribution >= 4 is 11.6 Å². The fraction of sp³-hybridized carbons (Fsp3) is 0.143.